The van der Waals surface area contributed by atoms with Crippen LogP contribution < -0.4 is 23.7 Å². The molecule has 0 radical (unpaired) electrons. The molecule has 0 unspecified atom stereocenters. The Morgan fingerprint density at radius 2 is 1.37 bits per heavy atom. The fraction of sp³-hybridized carbons (Fsp3) is 0.350. The summed E-state index contributed by atoms with van der Waals surface area (Å²) in [7, 11) is 7.56. The molecule has 0 spiro atoms. The largest absolute Gasteiger partial charge is 0.493 e. The Hall–Kier alpha value is -3.09. The molecule has 27 heavy (non-hydrogen) atoms. The van der Waals surface area contributed by atoms with Crippen LogP contribution in [0, 0.1) is 6.92 Å². The molecule has 0 bridgehead atoms. The van der Waals surface area contributed by atoms with E-state index in [1.165, 1.54) is 21.3 Å². The van der Waals surface area contributed by atoms with Crippen LogP contribution in [0.2, 0.25) is 0 Å². The molecule has 0 fully saturated rings. The first-order chi connectivity index (χ1) is 13.0. The number of rotatable bonds is 8. The summed E-state index contributed by atoms with van der Waals surface area (Å²) >= 11 is 0. The number of carbonyl (C=O) groups is 1. The van der Waals surface area contributed by atoms with Crippen molar-refractivity contribution in [2.45, 2.75) is 13.5 Å². The monoisotopic (exact) mass is 376 g/mol. The maximum Gasteiger partial charge on any atom is 0.342 e. The quantitative estimate of drug-likeness (QED) is 0.654. The highest BCUT2D eigenvalue weighted by molar-refractivity contribution is 5.94. The average molecular weight is 376 g/mol. The second-order valence-electron chi connectivity index (χ2n) is 5.59. The third-order valence-corrected chi connectivity index (χ3v) is 4.12. The fourth-order valence-electron chi connectivity index (χ4n) is 2.66. The van der Waals surface area contributed by atoms with Gasteiger partial charge in [0.05, 0.1) is 35.5 Å². The summed E-state index contributed by atoms with van der Waals surface area (Å²) in [5.41, 5.74) is 1.97. The number of hydrogen-bond donors (Lipinski definition) is 0. The van der Waals surface area contributed by atoms with Crippen molar-refractivity contribution in [3.63, 3.8) is 0 Å². The molecule has 0 aliphatic heterocycles. The molecule has 0 aliphatic rings. The molecule has 0 saturated heterocycles. The average Bonchev–Trinajstić information content (AvgIpc) is 2.70. The van der Waals surface area contributed by atoms with E-state index in [0.29, 0.717) is 23.0 Å². The number of aryl methyl sites for hydroxylation is 1. The van der Waals surface area contributed by atoms with E-state index >= 15 is 0 Å². The zero-order valence-corrected chi connectivity index (χ0v) is 16.4. The lowest BCUT2D eigenvalue weighted by Crippen LogP contribution is -2.09. The third kappa shape index (κ3) is 4.19. The lowest BCUT2D eigenvalue weighted by molar-refractivity contribution is 0.0467. The van der Waals surface area contributed by atoms with Gasteiger partial charge in [-0.15, -0.1) is 0 Å². The number of carbonyl (C=O) groups excluding carboxylic acids is 1. The van der Waals surface area contributed by atoms with E-state index in [4.69, 9.17) is 28.4 Å². The van der Waals surface area contributed by atoms with Gasteiger partial charge in [0.25, 0.3) is 0 Å². The highest BCUT2D eigenvalue weighted by Crippen LogP contribution is 2.40. The molecule has 2 aromatic carbocycles. The first-order valence-corrected chi connectivity index (χ1v) is 8.18. The van der Waals surface area contributed by atoms with Gasteiger partial charge >= 0.3 is 5.97 Å². The van der Waals surface area contributed by atoms with Gasteiger partial charge in [0, 0.05) is 0 Å². The number of methoxy groups -OCH3 is 5. The van der Waals surface area contributed by atoms with Crippen molar-refractivity contribution in [3.05, 3.63) is 41.0 Å². The predicted octanol–water partition coefficient (Wildman–Crippen LogP) is 3.40. The standard InChI is InChI=1S/C20H24O7/c1-12-9-16(23-3)17(24-4)10-13(12)11-27-20(21)14-7-8-15(22-2)19(26-6)18(14)25-5/h7-10H,11H2,1-6H3. The minimum atomic E-state index is -0.540. The van der Waals surface area contributed by atoms with E-state index in [1.807, 2.05) is 13.0 Å². The number of esters is 1. The molecule has 0 heterocycles. The summed E-state index contributed by atoms with van der Waals surface area (Å²) in [4.78, 5) is 12.6. The zero-order valence-electron chi connectivity index (χ0n) is 16.4. The Labute approximate surface area is 158 Å². The molecule has 2 aromatic rings. The van der Waals surface area contributed by atoms with Crippen LogP contribution in [-0.4, -0.2) is 41.5 Å². The maximum absolute atomic E-state index is 12.6. The molecule has 0 amide bonds. The summed E-state index contributed by atoms with van der Waals surface area (Å²) in [6.45, 7) is 1.98. The summed E-state index contributed by atoms with van der Waals surface area (Å²) in [5.74, 6) is 1.69. The summed E-state index contributed by atoms with van der Waals surface area (Å²) in [6, 6.07) is 6.82. The van der Waals surface area contributed by atoms with Crippen molar-refractivity contribution in [1.82, 2.24) is 0 Å². The lowest BCUT2D eigenvalue weighted by Gasteiger charge is -2.16. The second-order valence-corrected chi connectivity index (χ2v) is 5.59. The highest BCUT2D eigenvalue weighted by Gasteiger charge is 2.22. The summed E-state index contributed by atoms with van der Waals surface area (Å²) in [6.07, 6.45) is 0. The Morgan fingerprint density at radius 3 is 1.93 bits per heavy atom. The van der Waals surface area contributed by atoms with Crippen LogP contribution in [0.3, 0.4) is 0 Å². The van der Waals surface area contributed by atoms with Gasteiger partial charge < -0.3 is 28.4 Å². The van der Waals surface area contributed by atoms with Crippen molar-refractivity contribution in [3.8, 4) is 28.7 Å². The van der Waals surface area contributed by atoms with E-state index in [2.05, 4.69) is 0 Å². The van der Waals surface area contributed by atoms with Gasteiger partial charge in [0.15, 0.2) is 23.0 Å². The van der Waals surface area contributed by atoms with Gasteiger partial charge in [-0.1, -0.05) is 0 Å². The molecule has 0 aliphatic carbocycles. The Morgan fingerprint density at radius 1 is 0.778 bits per heavy atom. The minimum absolute atomic E-state index is 0.0719. The molecule has 0 aromatic heterocycles. The summed E-state index contributed by atoms with van der Waals surface area (Å²) < 4.78 is 31.9. The maximum atomic E-state index is 12.6. The molecule has 146 valence electrons. The van der Waals surface area contributed by atoms with Crippen LogP contribution in [-0.2, 0) is 11.3 Å². The third-order valence-electron chi connectivity index (χ3n) is 4.12. The van der Waals surface area contributed by atoms with Crippen molar-refractivity contribution in [1.29, 1.82) is 0 Å². The van der Waals surface area contributed by atoms with E-state index in [1.54, 1.807) is 32.4 Å². The van der Waals surface area contributed by atoms with Gasteiger partial charge in [-0.3, -0.25) is 0 Å². The topological polar surface area (TPSA) is 72.5 Å². The van der Waals surface area contributed by atoms with Gasteiger partial charge in [0.2, 0.25) is 5.75 Å². The van der Waals surface area contributed by atoms with Crippen LogP contribution in [0.1, 0.15) is 21.5 Å². The Kier molecular flexibility index (Phi) is 6.76. The molecule has 0 saturated carbocycles. The zero-order chi connectivity index (χ0) is 20.0. The molecular formula is C20H24O7. The first kappa shape index (κ1) is 20.2. The van der Waals surface area contributed by atoms with E-state index in [9.17, 15) is 4.79 Å². The molecule has 7 nitrogen and oxygen atoms in total. The van der Waals surface area contributed by atoms with Gasteiger partial charge in [-0.05, 0) is 42.3 Å². The summed E-state index contributed by atoms with van der Waals surface area (Å²) in [5, 5.41) is 0. The highest BCUT2D eigenvalue weighted by atomic mass is 16.5. The fourth-order valence-corrected chi connectivity index (χ4v) is 2.66. The van der Waals surface area contributed by atoms with Crippen LogP contribution in [0.4, 0.5) is 0 Å². The van der Waals surface area contributed by atoms with Gasteiger partial charge in [-0.25, -0.2) is 4.79 Å². The van der Waals surface area contributed by atoms with Crippen molar-refractivity contribution < 1.29 is 33.2 Å². The smallest absolute Gasteiger partial charge is 0.342 e. The normalized spacial score (nSPS) is 10.1. The van der Waals surface area contributed by atoms with Crippen LogP contribution in [0.5, 0.6) is 28.7 Å². The molecular weight excluding hydrogens is 352 g/mol. The molecule has 0 atom stereocenters. The Bertz CT molecular complexity index is 814. The van der Waals surface area contributed by atoms with Crippen molar-refractivity contribution in [2.75, 3.05) is 35.5 Å². The SMILES string of the molecule is COc1cc(C)c(COC(=O)c2ccc(OC)c(OC)c2OC)cc1OC. The predicted molar refractivity (Wildman–Crippen MR) is 99.5 cm³/mol. The van der Waals surface area contributed by atoms with E-state index < -0.39 is 5.97 Å². The van der Waals surface area contributed by atoms with Crippen LogP contribution in [0.15, 0.2) is 24.3 Å². The first-order valence-electron chi connectivity index (χ1n) is 8.18. The minimum Gasteiger partial charge on any atom is -0.493 e. The van der Waals surface area contributed by atoms with Crippen molar-refractivity contribution in [2.24, 2.45) is 0 Å². The van der Waals surface area contributed by atoms with Crippen molar-refractivity contribution >= 4 is 5.97 Å². The number of benzene rings is 2. The van der Waals surface area contributed by atoms with Gasteiger partial charge in [0.1, 0.15) is 12.2 Å². The van der Waals surface area contributed by atoms with Crippen LogP contribution in [0.25, 0.3) is 0 Å². The Balaban J connectivity index is 2.26. The van der Waals surface area contributed by atoms with E-state index in [0.717, 1.165) is 11.1 Å². The number of hydrogen-bond acceptors (Lipinski definition) is 7. The molecule has 7 heteroatoms. The molecule has 0 N–H and O–H groups in total. The van der Waals surface area contributed by atoms with E-state index in [-0.39, 0.29) is 17.9 Å². The lowest BCUT2D eigenvalue weighted by atomic mass is 10.1. The van der Waals surface area contributed by atoms with Gasteiger partial charge in [-0.2, -0.15) is 0 Å². The number of ether oxygens (including phenoxy) is 6. The second kappa shape index (κ2) is 9.02. The molecule has 2 rings (SSSR count). The van der Waals surface area contributed by atoms with Crippen LogP contribution >= 0.6 is 0 Å².